The molecule has 1 fully saturated rings. The van der Waals surface area contributed by atoms with E-state index in [1.165, 1.54) is 12.8 Å². The first-order chi connectivity index (χ1) is 10.1. The fourth-order valence-electron chi connectivity index (χ4n) is 2.90. The van der Waals surface area contributed by atoms with E-state index in [1.807, 2.05) is 25.1 Å². The maximum absolute atomic E-state index is 5.55. The van der Waals surface area contributed by atoms with Gasteiger partial charge in [0.15, 0.2) is 0 Å². The van der Waals surface area contributed by atoms with Crippen molar-refractivity contribution in [2.45, 2.75) is 39.0 Å². The Balaban J connectivity index is 1.86. The summed E-state index contributed by atoms with van der Waals surface area (Å²) in [7, 11) is 0. The van der Waals surface area contributed by atoms with Crippen molar-refractivity contribution in [3.63, 3.8) is 0 Å². The number of nitrogens with zero attached hydrogens (tertiary/aromatic N) is 3. The lowest BCUT2D eigenvalue weighted by Crippen LogP contribution is -2.40. The molecule has 0 aliphatic carbocycles. The lowest BCUT2D eigenvalue weighted by molar-refractivity contribution is 0.196. The van der Waals surface area contributed by atoms with Crippen molar-refractivity contribution in [1.29, 1.82) is 0 Å². The minimum atomic E-state index is -0.123. The van der Waals surface area contributed by atoms with Crippen molar-refractivity contribution in [2.75, 3.05) is 13.1 Å². The van der Waals surface area contributed by atoms with Gasteiger partial charge < -0.3 is 9.84 Å². The van der Waals surface area contributed by atoms with Crippen molar-refractivity contribution in [2.24, 2.45) is 5.92 Å². The van der Waals surface area contributed by atoms with Crippen LogP contribution in [-0.4, -0.2) is 28.2 Å². The first kappa shape index (κ1) is 14.2. The van der Waals surface area contributed by atoms with Crippen LogP contribution in [0.2, 0.25) is 0 Å². The number of hydrogen-bond acceptors (Lipinski definition) is 5. The predicted molar refractivity (Wildman–Crippen MR) is 80.9 cm³/mol. The summed E-state index contributed by atoms with van der Waals surface area (Å²) in [4.78, 5) is 9.05. The molecule has 3 heterocycles. The van der Waals surface area contributed by atoms with Gasteiger partial charge in [0.2, 0.25) is 11.7 Å². The molecule has 1 saturated heterocycles. The molecule has 3 rings (SSSR count). The largest absolute Gasteiger partial charge is 0.338 e. The number of pyridine rings is 1. The van der Waals surface area contributed by atoms with Crippen LogP contribution in [0.3, 0.4) is 0 Å². The Morgan fingerprint density at radius 1 is 1.29 bits per heavy atom. The van der Waals surface area contributed by atoms with Crippen molar-refractivity contribution >= 4 is 0 Å². The molecular weight excluding hydrogens is 264 g/mol. The summed E-state index contributed by atoms with van der Waals surface area (Å²) in [6, 6.07) is 5.84. The van der Waals surface area contributed by atoms with E-state index in [-0.39, 0.29) is 5.41 Å². The zero-order valence-corrected chi connectivity index (χ0v) is 12.9. The Morgan fingerprint density at radius 2 is 2.14 bits per heavy atom. The van der Waals surface area contributed by atoms with Crippen LogP contribution < -0.4 is 5.32 Å². The summed E-state index contributed by atoms with van der Waals surface area (Å²) < 4.78 is 5.55. The Labute approximate surface area is 125 Å². The van der Waals surface area contributed by atoms with Crippen LogP contribution >= 0.6 is 0 Å². The molecule has 1 aliphatic rings. The van der Waals surface area contributed by atoms with Gasteiger partial charge in [-0.3, -0.25) is 0 Å². The predicted octanol–water partition coefficient (Wildman–Crippen LogP) is 2.72. The van der Waals surface area contributed by atoms with E-state index in [0.29, 0.717) is 17.6 Å². The van der Waals surface area contributed by atoms with Crippen LogP contribution in [0, 0.1) is 12.8 Å². The van der Waals surface area contributed by atoms with Crippen molar-refractivity contribution in [3.8, 4) is 11.5 Å². The van der Waals surface area contributed by atoms with Gasteiger partial charge >= 0.3 is 0 Å². The lowest BCUT2D eigenvalue weighted by atomic mass is 9.75. The molecule has 0 bridgehead atoms. The van der Waals surface area contributed by atoms with Crippen LogP contribution in [0.5, 0.6) is 0 Å². The van der Waals surface area contributed by atoms with E-state index < -0.39 is 0 Å². The fraction of sp³-hybridized carbons (Fsp3) is 0.562. The van der Waals surface area contributed by atoms with Crippen molar-refractivity contribution < 1.29 is 4.52 Å². The van der Waals surface area contributed by atoms with Crippen molar-refractivity contribution in [1.82, 2.24) is 20.4 Å². The maximum Gasteiger partial charge on any atom is 0.232 e. The molecule has 0 radical (unpaired) electrons. The van der Waals surface area contributed by atoms with E-state index in [2.05, 4.69) is 34.3 Å². The molecule has 1 atom stereocenters. The first-order valence-electron chi connectivity index (χ1n) is 7.56. The number of aromatic nitrogens is 3. The summed E-state index contributed by atoms with van der Waals surface area (Å²) in [6.45, 7) is 8.45. The third-order valence-corrected chi connectivity index (χ3v) is 4.41. The molecule has 0 aromatic carbocycles. The highest BCUT2D eigenvalue weighted by molar-refractivity contribution is 5.48. The van der Waals surface area contributed by atoms with E-state index in [0.717, 1.165) is 24.5 Å². The zero-order chi connectivity index (χ0) is 14.9. The monoisotopic (exact) mass is 286 g/mol. The Morgan fingerprint density at radius 3 is 2.86 bits per heavy atom. The molecule has 0 saturated carbocycles. The zero-order valence-electron chi connectivity index (χ0n) is 12.9. The van der Waals surface area contributed by atoms with Crippen LogP contribution in [0.15, 0.2) is 22.7 Å². The minimum absolute atomic E-state index is 0.123. The van der Waals surface area contributed by atoms with Crippen molar-refractivity contribution in [3.05, 3.63) is 29.8 Å². The summed E-state index contributed by atoms with van der Waals surface area (Å²) >= 11 is 0. The molecule has 2 aromatic rings. The average Bonchev–Trinajstić information content (AvgIpc) is 2.99. The summed E-state index contributed by atoms with van der Waals surface area (Å²) in [5, 5.41) is 7.57. The average molecular weight is 286 g/mol. The van der Waals surface area contributed by atoms with Gasteiger partial charge in [0.25, 0.3) is 0 Å². The molecule has 1 unspecified atom stereocenters. The lowest BCUT2D eigenvalue weighted by Gasteiger charge is -2.34. The topological polar surface area (TPSA) is 63.8 Å². The van der Waals surface area contributed by atoms with Gasteiger partial charge in [0.05, 0.1) is 0 Å². The number of aryl methyl sites for hydroxylation is 1. The van der Waals surface area contributed by atoms with E-state index in [4.69, 9.17) is 4.52 Å². The fourth-order valence-corrected chi connectivity index (χ4v) is 2.90. The summed E-state index contributed by atoms with van der Waals surface area (Å²) in [6.07, 6.45) is 2.40. The number of hydrogen-bond donors (Lipinski definition) is 1. The van der Waals surface area contributed by atoms with Gasteiger partial charge in [0.1, 0.15) is 5.69 Å². The number of rotatable bonds is 3. The van der Waals surface area contributed by atoms with Crippen LogP contribution in [-0.2, 0) is 5.41 Å². The first-order valence-corrected chi connectivity index (χ1v) is 7.56. The van der Waals surface area contributed by atoms with Crippen LogP contribution in [0.4, 0.5) is 0 Å². The van der Waals surface area contributed by atoms with Gasteiger partial charge in [0, 0.05) is 11.1 Å². The summed E-state index contributed by atoms with van der Waals surface area (Å²) in [5.74, 6) is 1.80. The quantitative estimate of drug-likeness (QED) is 0.940. The molecule has 5 nitrogen and oxygen atoms in total. The molecule has 1 N–H and O–H groups in total. The van der Waals surface area contributed by atoms with E-state index in [9.17, 15) is 0 Å². The normalized spacial score (nSPS) is 19.7. The molecule has 21 heavy (non-hydrogen) atoms. The molecule has 0 amide bonds. The highest BCUT2D eigenvalue weighted by atomic mass is 16.5. The second-order valence-electron chi connectivity index (χ2n) is 6.35. The Kier molecular flexibility index (Phi) is 3.76. The molecule has 0 spiro atoms. The Hall–Kier alpha value is -1.75. The minimum Gasteiger partial charge on any atom is -0.338 e. The smallest absolute Gasteiger partial charge is 0.232 e. The molecule has 112 valence electrons. The number of nitrogens with one attached hydrogen (secondary N) is 1. The highest BCUT2D eigenvalue weighted by Crippen LogP contribution is 2.35. The number of piperidine rings is 1. The van der Waals surface area contributed by atoms with Gasteiger partial charge in [-0.05, 0) is 50.9 Å². The standard InChI is InChI=1S/C16H22N4O/c1-11-6-4-8-13(18-11)14-19-15(21-20-14)16(2,3)12-7-5-9-17-10-12/h4,6,8,12,17H,5,7,9-10H2,1-3H3. The van der Waals surface area contributed by atoms with Crippen LogP contribution in [0.1, 0.15) is 38.3 Å². The second-order valence-corrected chi connectivity index (χ2v) is 6.35. The third kappa shape index (κ3) is 2.83. The molecular formula is C16H22N4O. The molecule has 1 aliphatic heterocycles. The van der Waals surface area contributed by atoms with Gasteiger partial charge in [-0.25, -0.2) is 4.98 Å². The van der Waals surface area contributed by atoms with E-state index in [1.54, 1.807) is 0 Å². The van der Waals surface area contributed by atoms with Crippen LogP contribution in [0.25, 0.3) is 11.5 Å². The molecule has 5 heteroatoms. The third-order valence-electron chi connectivity index (χ3n) is 4.41. The maximum atomic E-state index is 5.55. The van der Waals surface area contributed by atoms with E-state index >= 15 is 0 Å². The second kappa shape index (κ2) is 5.56. The molecule has 2 aromatic heterocycles. The van der Waals surface area contributed by atoms with Gasteiger partial charge in [-0.2, -0.15) is 4.98 Å². The highest BCUT2D eigenvalue weighted by Gasteiger charge is 2.37. The van der Waals surface area contributed by atoms with Gasteiger partial charge in [-0.15, -0.1) is 0 Å². The van der Waals surface area contributed by atoms with Gasteiger partial charge in [-0.1, -0.05) is 25.1 Å². The summed E-state index contributed by atoms with van der Waals surface area (Å²) in [5.41, 5.74) is 1.60. The Bertz CT molecular complexity index is 614. The SMILES string of the molecule is Cc1cccc(-c2noc(C(C)(C)C3CCCNC3)n2)n1.